The Labute approximate surface area is 156 Å². The molecule has 2 aromatic rings. The Hall–Kier alpha value is -2.56. The van der Waals surface area contributed by atoms with Crippen molar-refractivity contribution in [2.75, 3.05) is 20.0 Å². The Morgan fingerprint density at radius 3 is 2.88 bits per heavy atom. The summed E-state index contributed by atoms with van der Waals surface area (Å²) in [4.78, 5) is 28.0. The van der Waals surface area contributed by atoms with Gasteiger partial charge in [-0.1, -0.05) is 5.92 Å². The predicted octanol–water partition coefficient (Wildman–Crippen LogP) is 2.00. The van der Waals surface area contributed by atoms with Crippen LogP contribution in [0.15, 0.2) is 30.5 Å². The predicted molar refractivity (Wildman–Crippen MR) is 102 cm³/mol. The lowest BCUT2D eigenvalue weighted by Gasteiger charge is -2.26. The van der Waals surface area contributed by atoms with E-state index in [-0.39, 0.29) is 6.61 Å². The molecule has 0 aliphatic rings. The zero-order valence-corrected chi connectivity index (χ0v) is 15.6. The van der Waals surface area contributed by atoms with Crippen LogP contribution in [0.4, 0.5) is 0 Å². The molecule has 2 atom stereocenters. The van der Waals surface area contributed by atoms with Crippen molar-refractivity contribution in [3.8, 4) is 18.1 Å². The molecule has 6 nitrogen and oxygen atoms in total. The Bertz CT molecular complexity index is 849. The van der Waals surface area contributed by atoms with Crippen molar-refractivity contribution >= 4 is 34.9 Å². The number of terminal acetylenes is 1. The van der Waals surface area contributed by atoms with Gasteiger partial charge < -0.3 is 19.6 Å². The number of ether oxygens (including phenoxy) is 2. The minimum atomic E-state index is -1.11. The zero-order chi connectivity index (χ0) is 19.2. The maximum Gasteiger partial charge on any atom is 0.272 e. The molecular weight excluding hydrogens is 352 g/mol. The van der Waals surface area contributed by atoms with E-state index in [1.54, 1.807) is 37.6 Å². The third kappa shape index (κ3) is 4.75. The van der Waals surface area contributed by atoms with Gasteiger partial charge in [0, 0.05) is 24.3 Å². The molecule has 0 fully saturated rings. The number of nitrogens with zero attached hydrogens (tertiary/aromatic N) is 1. The lowest BCUT2D eigenvalue weighted by molar-refractivity contribution is -0.130. The van der Waals surface area contributed by atoms with Gasteiger partial charge in [0.1, 0.15) is 17.6 Å². The van der Waals surface area contributed by atoms with Crippen molar-refractivity contribution in [1.82, 2.24) is 10.3 Å². The van der Waals surface area contributed by atoms with Gasteiger partial charge in [-0.05, 0) is 37.4 Å². The minimum absolute atomic E-state index is 0.0693. The number of hydrogen-bond donors (Lipinski definition) is 1. The fourth-order valence-corrected chi connectivity index (χ4v) is 2.81. The summed E-state index contributed by atoms with van der Waals surface area (Å²) in [5.74, 6) is 2.62. The van der Waals surface area contributed by atoms with Gasteiger partial charge in [0.2, 0.25) is 5.44 Å². The molecule has 2 rings (SSSR count). The van der Waals surface area contributed by atoms with Gasteiger partial charge in [0.15, 0.2) is 0 Å². The van der Waals surface area contributed by atoms with Crippen LogP contribution in [0.3, 0.4) is 0 Å². The zero-order valence-electron chi connectivity index (χ0n) is 14.8. The van der Waals surface area contributed by atoms with Crippen molar-refractivity contribution in [2.24, 2.45) is 0 Å². The fourth-order valence-electron chi connectivity index (χ4n) is 2.33. The van der Waals surface area contributed by atoms with Crippen LogP contribution in [0, 0.1) is 12.3 Å². The van der Waals surface area contributed by atoms with E-state index < -0.39 is 16.9 Å². The van der Waals surface area contributed by atoms with E-state index in [0.717, 1.165) is 10.9 Å². The van der Waals surface area contributed by atoms with E-state index in [1.807, 2.05) is 6.07 Å². The number of benzene rings is 1. The number of pyridine rings is 1. The molecule has 0 spiro atoms. The Morgan fingerprint density at radius 1 is 1.50 bits per heavy atom. The van der Waals surface area contributed by atoms with E-state index in [2.05, 4.69) is 16.2 Å². The molecule has 1 aromatic carbocycles. The van der Waals surface area contributed by atoms with Gasteiger partial charge in [-0.15, -0.1) is 18.2 Å². The number of aromatic nitrogens is 1. The highest BCUT2D eigenvalue weighted by atomic mass is 32.2. The normalized spacial score (nSPS) is 14.1. The van der Waals surface area contributed by atoms with Crippen molar-refractivity contribution in [3.05, 3.63) is 36.0 Å². The van der Waals surface area contributed by atoms with E-state index >= 15 is 0 Å². The first-order valence-corrected chi connectivity index (χ1v) is 9.06. The van der Waals surface area contributed by atoms with Crippen molar-refractivity contribution in [1.29, 1.82) is 0 Å². The van der Waals surface area contributed by atoms with E-state index in [4.69, 9.17) is 15.9 Å². The number of rotatable bonds is 8. The summed E-state index contributed by atoms with van der Waals surface area (Å²) in [5, 5.41) is 3.47. The van der Waals surface area contributed by atoms with Gasteiger partial charge in [-0.2, -0.15) is 0 Å². The lowest BCUT2D eigenvalue weighted by Crippen LogP contribution is -2.54. The molecule has 0 bridgehead atoms. The smallest absolute Gasteiger partial charge is 0.272 e. The third-order valence-corrected chi connectivity index (χ3v) is 4.34. The van der Waals surface area contributed by atoms with Crippen molar-refractivity contribution in [3.63, 3.8) is 0 Å². The van der Waals surface area contributed by atoms with Crippen LogP contribution in [0.5, 0.6) is 5.75 Å². The quantitative estimate of drug-likeness (QED) is 0.434. The molecule has 1 aromatic heterocycles. The first-order chi connectivity index (χ1) is 12.4. The summed E-state index contributed by atoms with van der Waals surface area (Å²) in [6.07, 6.45) is 9.42. The molecule has 1 N–H and O–H groups in total. The molecule has 7 heteroatoms. The number of hydrogen-bond acceptors (Lipinski definition) is 6. The average Bonchev–Trinajstić information content (AvgIpc) is 2.65. The average molecular weight is 372 g/mol. The van der Waals surface area contributed by atoms with E-state index in [0.29, 0.717) is 17.6 Å². The number of carbonyl (C=O) groups is 2. The Kier molecular flexibility index (Phi) is 6.61. The van der Waals surface area contributed by atoms with Gasteiger partial charge >= 0.3 is 0 Å². The number of fused-ring (bicyclic) bond motifs is 1. The molecule has 0 saturated heterocycles. The van der Waals surface area contributed by atoms with Crippen LogP contribution in [0.1, 0.15) is 12.5 Å². The standard InChI is InChI=1S/C19H20N2O4S/c1-5-13-8-14-9-15(6-7-16(14)20-10-13)25-18(26-4)17(23)21-19(2,11-22)12-24-3/h1,6-11,18H,12H2,2-4H3,(H,21,23). The second kappa shape index (κ2) is 8.70. The Morgan fingerprint density at radius 2 is 2.27 bits per heavy atom. The molecule has 2 unspecified atom stereocenters. The molecule has 0 saturated carbocycles. The second-order valence-electron chi connectivity index (χ2n) is 5.87. The number of aldehydes is 1. The highest BCUT2D eigenvalue weighted by molar-refractivity contribution is 7.99. The number of amides is 1. The van der Waals surface area contributed by atoms with Crippen LogP contribution in [0.2, 0.25) is 0 Å². The lowest BCUT2D eigenvalue weighted by atomic mass is 10.1. The summed E-state index contributed by atoms with van der Waals surface area (Å²) in [6, 6.07) is 7.12. The van der Waals surface area contributed by atoms with E-state index in [1.165, 1.54) is 18.9 Å². The Balaban J connectivity index is 2.18. The summed E-state index contributed by atoms with van der Waals surface area (Å²) >= 11 is 1.22. The second-order valence-corrected chi connectivity index (χ2v) is 6.77. The maximum absolute atomic E-state index is 12.5. The molecule has 136 valence electrons. The summed E-state index contributed by atoms with van der Waals surface area (Å²) < 4.78 is 10.8. The molecule has 0 aliphatic carbocycles. The molecular formula is C19H20N2O4S. The largest absolute Gasteiger partial charge is 0.470 e. The summed E-state index contributed by atoms with van der Waals surface area (Å²) in [6.45, 7) is 1.65. The first-order valence-electron chi connectivity index (χ1n) is 7.78. The van der Waals surface area contributed by atoms with Crippen molar-refractivity contribution in [2.45, 2.75) is 17.9 Å². The van der Waals surface area contributed by atoms with Crippen LogP contribution in [0.25, 0.3) is 10.9 Å². The third-order valence-electron chi connectivity index (χ3n) is 3.60. The van der Waals surface area contributed by atoms with Gasteiger partial charge in [-0.3, -0.25) is 9.78 Å². The molecule has 0 radical (unpaired) electrons. The van der Waals surface area contributed by atoms with Crippen LogP contribution >= 0.6 is 11.8 Å². The summed E-state index contributed by atoms with van der Waals surface area (Å²) in [5.41, 5.74) is -0.504. The number of nitrogens with one attached hydrogen (secondary N) is 1. The highest BCUT2D eigenvalue weighted by Crippen LogP contribution is 2.23. The molecule has 0 aliphatic heterocycles. The number of carbonyl (C=O) groups excluding carboxylic acids is 2. The van der Waals surface area contributed by atoms with Gasteiger partial charge in [0.25, 0.3) is 5.91 Å². The SMILES string of the molecule is C#Cc1cnc2ccc(OC(SC)C(=O)NC(C)(C=O)COC)cc2c1. The number of thioether (sulfide) groups is 1. The minimum Gasteiger partial charge on any atom is -0.470 e. The van der Waals surface area contributed by atoms with Gasteiger partial charge in [0.05, 0.1) is 12.1 Å². The van der Waals surface area contributed by atoms with Gasteiger partial charge in [-0.25, -0.2) is 0 Å². The van der Waals surface area contributed by atoms with Crippen LogP contribution in [-0.2, 0) is 14.3 Å². The fraction of sp³-hybridized carbons (Fsp3) is 0.316. The molecule has 26 heavy (non-hydrogen) atoms. The first kappa shape index (κ1) is 19.8. The molecule has 1 heterocycles. The van der Waals surface area contributed by atoms with Crippen LogP contribution < -0.4 is 10.1 Å². The topological polar surface area (TPSA) is 77.5 Å². The van der Waals surface area contributed by atoms with E-state index in [9.17, 15) is 9.59 Å². The van der Waals surface area contributed by atoms with Crippen molar-refractivity contribution < 1.29 is 19.1 Å². The maximum atomic E-state index is 12.5. The van der Waals surface area contributed by atoms with Crippen LogP contribution in [-0.4, -0.2) is 48.1 Å². The monoisotopic (exact) mass is 372 g/mol. The highest BCUT2D eigenvalue weighted by Gasteiger charge is 2.30. The number of methoxy groups -OCH3 is 1. The summed E-state index contributed by atoms with van der Waals surface area (Å²) in [7, 11) is 1.46. The molecule has 1 amide bonds.